The van der Waals surface area contributed by atoms with Gasteiger partial charge in [0, 0.05) is 5.92 Å². The normalized spacial score (nSPS) is 15.4. The van der Waals surface area contributed by atoms with Gasteiger partial charge in [0.05, 0.1) is 12.2 Å². The first-order valence-electron chi connectivity index (χ1n) is 7.64. The zero-order chi connectivity index (χ0) is 15.1. The zero-order valence-corrected chi connectivity index (χ0v) is 12.5. The number of aliphatic hydroxyl groups is 2. The summed E-state index contributed by atoms with van der Waals surface area (Å²) in [6.45, 7) is 1.84. The maximum Gasteiger partial charge on any atom is 0.0790 e. The molecule has 0 fully saturated rings. The first kappa shape index (κ1) is 15.7. The van der Waals surface area contributed by atoms with Crippen molar-refractivity contribution < 1.29 is 10.2 Å². The number of rotatable bonds is 7. The van der Waals surface area contributed by atoms with Gasteiger partial charge in [-0.3, -0.25) is 0 Å². The van der Waals surface area contributed by atoms with Crippen molar-refractivity contribution >= 4 is 0 Å². The summed E-state index contributed by atoms with van der Waals surface area (Å²) in [5, 5.41) is 20.2. The molecule has 2 heteroatoms. The van der Waals surface area contributed by atoms with E-state index in [0.717, 1.165) is 24.8 Å². The summed E-state index contributed by atoms with van der Waals surface area (Å²) < 4.78 is 0. The highest BCUT2D eigenvalue weighted by molar-refractivity contribution is 5.20. The van der Waals surface area contributed by atoms with Gasteiger partial charge in [-0.05, 0) is 37.3 Å². The SMILES string of the molecule is CC(O)C(CCCC(O)c1ccccc1)c1ccccc1. The summed E-state index contributed by atoms with van der Waals surface area (Å²) in [5.41, 5.74) is 2.13. The van der Waals surface area contributed by atoms with E-state index in [2.05, 4.69) is 12.1 Å². The molecule has 0 aliphatic carbocycles. The molecule has 112 valence electrons. The number of hydrogen-bond donors (Lipinski definition) is 2. The number of aliphatic hydroxyl groups excluding tert-OH is 2. The van der Waals surface area contributed by atoms with Gasteiger partial charge < -0.3 is 10.2 Å². The molecule has 2 aromatic carbocycles. The smallest absolute Gasteiger partial charge is 0.0790 e. The lowest BCUT2D eigenvalue weighted by Crippen LogP contribution is -2.15. The van der Waals surface area contributed by atoms with Crippen LogP contribution in [-0.2, 0) is 0 Å². The molecule has 2 rings (SSSR count). The van der Waals surface area contributed by atoms with Crippen molar-refractivity contribution in [3.8, 4) is 0 Å². The molecule has 0 saturated carbocycles. The Labute approximate surface area is 127 Å². The van der Waals surface area contributed by atoms with E-state index in [0.29, 0.717) is 0 Å². The molecule has 0 heterocycles. The third-order valence-corrected chi connectivity index (χ3v) is 3.99. The maximum absolute atomic E-state index is 10.2. The monoisotopic (exact) mass is 284 g/mol. The molecule has 0 amide bonds. The zero-order valence-electron chi connectivity index (χ0n) is 12.5. The molecule has 0 bridgehead atoms. The molecule has 21 heavy (non-hydrogen) atoms. The Morgan fingerprint density at radius 1 is 0.762 bits per heavy atom. The third kappa shape index (κ3) is 4.69. The molecular formula is C19H24O2. The fourth-order valence-electron chi connectivity index (χ4n) is 2.76. The maximum atomic E-state index is 10.2. The van der Waals surface area contributed by atoms with Crippen molar-refractivity contribution in [2.75, 3.05) is 0 Å². The third-order valence-electron chi connectivity index (χ3n) is 3.99. The fourth-order valence-corrected chi connectivity index (χ4v) is 2.76. The summed E-state index contributed by atoms with van der Waals surface area (Å²) in [5.74, 6) is 0.133. The van der Waals surface area contributed by atoms with Crippen LogP contribution in [0.5, 0.6) is 0 Å². The second-order valence-corrected chi connectivity index (χ2v) is 5.62. The van der Waals surface area contributed by atoms with Gasteiger partial charge in [0.1, 0.15) is 0 Å². The summed E-state index contributed by atoms with van der Waals surface area (Å²) >= 11 is 0. The van der Waals surface area contributed by atoms with Crippen LogP contribution in [0.1, 0.15) is 49.3 Å². The summed E-state index contributed by atoms with van der Waals surface area (Å²) in [4.78, 5) is 0. The summed E-state index contributed by atoms with van der Waals surface area (Å²) in [7, 11) is 0. The van der Waals surface area contributed by atoms with Gasteiger partial charge in [-0.1, -0.05) is 60.7 Å². The van der Waals surface area contributed by atoms with Crippen LogP contribution in [0.2, 0.25) is 0 Å². The minimum atomic E-state index is -0.420. The second kappa shape index (κ2) is 7.96. The van der Waals surface area contributed by atoms with Gasteiger partial charge in [-0.25, -0.2) is 0 Å². The highest BCUT2D eigenvalue weighted by Crippen LogP contribution is 2.28. The van der Waals surface area contributed by atoms with E-state index < -0.39 is 6.10 Å². The first-order valence-corrected chi connectivity index (χ1v) is 7.64. The van der Waals surface area contributed by atoms with Crippen molar-refractivity contribution in [2.24, 2.45) is 0 Å². The topological polar surface area (TPSA) is 40.5 Å². The second-order valence-electron chi connectivity index (χ2n) is 5.62. The number of benzene rings is 2. The molecule has 0 aliphatic rings. The molecule has 3 unspecified atom stereocenters. The lowest BCUT2D eigenvalue weighted by atomic mass is 9.88. The molecule has 0 spiro atoms. The van der Waals surface area contributed by atoms with Crippen LogP contribution in [0, 0.1) is 0 Å². The first-order chi connectivity index (χ1) is 10.2. The Balaban J connectivity index is 1.88. The van der Waals surface area contributed by atoms with Gasteiger partial charge in [-0.15, -0.1) is 0 Å². The van der Waals surface area contributed by atoms with Gasteiger partial charge in [-0.2, -0.15) is 0 Å². The van der Waals surface area contributed by atoms with Crippen molar-refractivity contribution in [1.29, 1.82) is 0 Å². The molecule has 2 aromatic rings. The highest BCUT2D eigenvalue weighted by Gasteiger charge is 2.17. The van der Waals surface area contributed by atoms with Crippen LogP contribution in [0.3, 0.4) is 0 Å². The summed E-state index contributed by atoms with van der Waals surface area (Å²) in [6.07, 6.45) is 1.70. The van der Waals surface area contributed by atoms with Crippen LogP contribution in [0.4, 0.5) is 0 Å². The Bertz CT molecular complexity index is 508. The van der Waals surface area contributed by atoms with E-state index in [1.54, 1.807) is 0 Å². The Kier molecular flexibility index (Phi) is 5.97. The molecule has 3 atom stereocenters. The molecular weight excluding hydrogens is 260 g/mol. The predicted molar refractivity (Wildman–Crippen MR) is 86.1 cm³/mol. The standard InChI is InChI=1S/C19H24O2/c1-15(20)18(16-9-4-2-5-10-16)13-8-14-19(21)17-11-6-3-7-12-17/h2-7,9-12,15,18-21H,8,13-14H2,1H3. The predicted octanol–water partition coefficient (Wildman–Crippen LogP) is 4.05. The van der Waals surface area contributed by atoms with Gasteiger partial charge in [0.2, 0.25) is 0 Å². The average Bonchev–Trinajstić information content (AvgIpc) is 2.52. The van der Waals surface area contributed by atoms with E-state index in [1.165, 1.54) is 5.56 Å². The number of hydrogen-bond acceptors (Lipinski definition) is 2. The highest BCUT2D eigenvalue weighted by atomic mass is 16.3. The minimum absolute atomic E-state index is 0.133. The fraction of sp³-hybridized carbons (Fsp3) is 0.368. The lowest BCUT2D eigenvalue weighted by Gasteiger charge is -2.21. The van der Waals surface area contributed by atoms with E-state index in [9.17, 15) is 10.2 Å². The average molecular weight is 284 g/mol. The van der Waals surface area contributed by atoms with Gasteiger partial charge in [0.25, 0.3) is 0 Å². The van der Waals surface area contributed by atoms with Crippen LogP contribution in [0.15, 0.2) is 60.7 Å². The molecule has 0 aliphatic heterocycles. The van der Waals surface area contributed by atoms with Crippen LogP contribution in [0.25, 0.3) is 0 Å². The lowest BCUT2D eigenvalue weighted by molar-refractivity contribution is 0.140. The minimum Gasteiger partial charge on any atom is -0.393 e. The van der Waals surface area contributed by atoms with E-state index >= 15 is 0 Å². The van der Waals surface area contributed by atoms with Gasteiger partial charge in [0.15, 0.2) is 0 Å². The molecule has 2 N–H and O–H groups in total. The molecule has 0 aromatic heterocycles. The Morgan fingerprint density at radius 2 is 1.29 bits per heavy atom. The Morgan fingerprint density at radius 3 is 1.81 bits per heavy atom. The molecule has 0 radical (unpaired) electrons. The van der Waals surface area contributed by atoms with E-state index in [1.807, 2.05) is 55.5 Å². The van der Waals surface area contributed by atoms with Gasteiger partial charge >= 0.3 is 0 Å². The molecule has 2 nitrogen and oxygen atoms in total. The van der Waals surface area contributed by atoms with Crippen molar-refractivity contribution in [1.82, 2.24) is 0 Å². The van der Waals surface area contributed by atoms with Crippen molar-refractivity contribution in [2.45, 2.75) is 44.3 Å². The largest absolute Gasteiger partial charge is 0.393 e. The Hall–Kier alpha value is -1.64. The quantitative estimate of drug-likeness (QED) is 0.805. The summed E-state index contributed by atoms with van der Waals surface area (Å²) in [6, 6.07) is 19.9. The van der Waals surface area contributed by atoms with E-state index in [4.69, 9.17) is 0 Å². The molecule has 0 saturated heterocycles. The van der Waals surface area contributed by atoms with Crippen LogP contribution in [-0.4, -0.2) is 16.3 Å². The van der Waals surface area contributed by atoms with Crippen LogP contribution >= 0.6 is 0 Å². The van der Waals surface area contributed by atoms with Crippen molar-refractivity contribution in [3.05, 3.63) is 71.8 Å². The van der Waals surface area contributed by atoms with Crippen LogP contribution < -0.4 is 0 Å². The van der Waals surface area contributed by atoms with Crippen molar-refractivity contribution in [3.63, 3.8) is 0 Å². The van der Waals surface area contributed by atoms with E-state index in [-0.39, 0.29) is 12.0 Å².